The van der Waals surface area contributed by atoms with Crippen molar-refractivity contribution in [3.8, 4) is 10.8 Å². The lowest BCUT2D eigenvalue weighted by atomic mass is 10.1. The monoisotopic (exact) mass is 316 g/mol. The van der Waals surface area contributed by atoms with Gasteiger partial charge in [0, 0.05) is 18.1 Å². The molecule has 0 saturated carbocycles. The molecule has 4 aromatic heterocycles. The maximum Gasteiger partial charge on any atom is 0.235 e. The fourth-order valence-corrected chi connectivity index (χ4v) is 3.05. The van der Waals surface area contributed by atoms with Gasteiger partial charge < -0.3 is 9.05 Å². The second-order valence-electron chi connectivity index (χ2n) is 5.03. The Balaban J connectivity index is 1.75. The molecule has 0 spiro atoms. The van der Waals surface area contributed by atoms with Crippen LogP contribution in [0.1, 0.15) is 28.5 Å². The molecule has 0 atom stereocenters. The van der Waals surface area contributed by atoms with Gasteiger partial charge in [0.05, 0.1) is 11.4 Å². The molecule has 9 heteroatoms. The fraction of sp³-hybridized carbons (Fsp3) is 0.308. The van der Waals surface area contributed by atoms with Crippen LogP contribution >= 0.6 is 11.3 Å². The maximum absolute atomic E-state index is 5.24. The largest absolute Gasteiger partial charge is 0.361 e. The summed E-state index contributed by atoms with van der Waals surface area (Å²) in [5.74, 6) is 2.16. The highest BCUT2D eigenvalue weighted by Crippen LogP contribution is 2.26. The lowest BCUT2D eigenvalue weighted by Gasteiger charge is -1.96. The first-order valence-corrected chi connectivity index (χ1v) is 7.50. The summed E-state index contributed by atoms with van der Waals surface area (Å²) >= 11 is 1.41. The molecule has 0 N–H and O–H groups in total. The van der Waals surface area contributed by atoms with E-state index in [9.17, 15) is 0 Å². The van der Waals surface area contributed by atoms with Gasteiger partial charge in [-0.25, -0.2) is 0 Å². The van der Waals surface area contributed by atoms with Gasteiger partial charge in [0.2, 0.25) is 4.96 Å². The van der Waals surface area contributed by atoms with Gasteiger partial charge in [0.15, 0.2) is 16.6 Å². The molecule has 0 bridgehead atoms. The van der Waals surface area contributed by atoms with Crippen molar-refractivity contribution >= 4 is 16.3 Å². The van der Waals surface area contributed by atoms with Crippen molar-refractivity contribution in [3.05, 3.63) is 34.6 Å². The van der Waals surface area contributed by atoms with E-state index in [1.807, 2.05) is 26.8 Å². The number of nitrogens with zero attached hydrogens (tertiary/aromatic N) is 6. The summed E-state index contributed by atoms with van der Waals surface area (Å²) < 4.78 is 12.2. The minimum Gasteiger partial charge on any atom is -0.361 e. The Morgan fingerprint density at radius 2 is 2.00 bits per heavy atom. The van der Waals surface area contributed by atoms with Gasteiger partial charge >= 0.3 is 0 Å². The zero-order valence-electron chi connectivity index (χ0n) is 12.2. The van der Waals surface area contributed by atoms with Gasteiger partial charge in [-0.15, -0.1) is 15.3 Å². The van der Waals surface area contributed by atoms with Gasteiger partial charge in [-0.2, -0.15) is 4.52 Å². The highest BCUT2D eigenvalue weighted by Gasteiger charge is 2.18. The van der Waals surface area contributed by atoms with Crippen LogP contribution in [-0.4, -0.2) is 30.1 Å². The molecule has 0 unspecified atom stereocenters. The van der Waals surface area contributed by atoms with Crippen molar-refractivity contribution in [2.75, 3.05) is 0 Å². The number of fused-ring (bicyclic) bond motifs is 1. The van der Waals surface area contributed by atoms with Crippen LogP contribution in [0.3, 0.4) is 0 Å². The van der Waals surface area contributed by atoms with Gasteiger partial charge in [-0.1, -0.05) is 21.7 Å². The summed E-state index contributed by atoms with van der Waals surface area (Å²) in [6.45, 7) is 5.67. The van der Waals surface area contributed by atoms with E-state index in [-0.39, 0.29) is 0 Å². The van der Waals surface area contributed by atoms with Crippen molar-refractivity contribution in [1.29, 1.82) is 0 Å². The summed E-state index contributed by atoms with van der Waals surface area (Å²) in [6, 6.07) is 1.85. The quantitative estimate of drug-likeness (QED) is 0.572. The van der Waals surface area contributed by atoms with E-state index in [4.69, 9.17) is 9.05 Å². The van der Waals surface area contributed by atoms with Crippen LogP contribution in [0.4, 0.5) is 0 Å². The smallest absolute Gasteiger partial charge is 0.235 e. The Morgan fingerprint density at radius 1 is 1.14 bits per heavy atom. The van der Waals surface area contributed by atoms with E-state index in [0.29, 0.717) is 17.1 Å². The van der Waals surface area contributed by atoms with Crippen LogP contribution in [0.15, 0.2) is 15.1 Å². The number of aromatic nitrogens is 6. The molecule has 8 nitrogen and oxygen atoms in total. The first kappa shape index (κ1) is 13.1. The third kappa shape index (κ3) is 2.01. The third-order valence-electron chi connectivity index (χ3n) is 3.41. The highest BCUT2D eigenvalue weighted by atomic mass is 32.1. The summed E-state index contributed by atoms with van der Waals surface area (Å²) in [4.78, 5) is 0.714. The van der Waals surface area contributed by atoms with Crippen LogP contribution in [0.5, 0.6) is 0 Å². The molecule has 4 aromatic rings. The molecule has 4 heterocycles. The molecule has 22 heavy (non-hydrogen) atoms. The minimum absolute atomic E-state index is 0.570. The van der Waals surface area contributed by atoms with Crippen LogP contribution in [-0.2, 0) is 6.42 Å². The molecular weight excluding hydrogens is 304 g/mol. The summed E-state index contributed by atoms with van der Waals surface area (Å²) in [5, 5.41) is 21.5. The van der Waals surface area contributed by atoms with Crippen molar-refractivity contribution in [2.24, 2.45) is 0 Å². The molecule has 112 valence electrons. The molecule has 0 radical (unpaired) electrons. The van der Waals surface area contributed by atoms with Crippen molar-refractivity contribution in [2.45, 2.75) is 27.2 Å². The Morgan fingerprint density at radius 3 is 2.68 bits per heavy atom. The topological polar surface area (TPSA) is 95.1 Å². The van der Waals surface area contributed by atoms with Gasteiger partial charge in [0.25, 0.3) is 0 Å². The minimum atomic E-state index is 0.570. The summed E-state index contributed by atoms with van der Waals surface area (Å²) in [6.07, 6.45) is 0.570. The lowest BCUT2D eigenvalue weighted by Crippen LogP contribution is -1.99. The standard InChI is InChI=1S/C13H12N6O2S/c1-6-4-10(21-17-6)12-16-19-11(14-15-13(19)22-12)5-9-7(2)18-20-8(9)3/h4H,5H2,1-3H3. The predicted octanol–water partition coefficient (Wildman–Crippen LogP) is 2.34. The van der Waals surface area contributed by atoms with Gasteiger partial charge in [-0.3, -0.25) is 0 Å². The Labute approximate surface area is 128 Å². The van der Waals surface area contributed by atoms with Gasteiger partial charge in [0.1, 0.15) is 5.76 Å². The van der Waals surface area contributed by atoms with Crippen molar-refractivity contribution in [3.63, 3.8) is 0 Å². The normalized spacial score (nSPS) is 11.6. The summed E-state index contributed by atoms with van der Waals surface area (Å²) in [5.41, 5.74) is 2.69. The predicted molar refractivity (Wildman–Crippen MR) is 77.7 cm³/mol. The van der Waals surface area contributed by atoms with Crippen LogP contribution in [0.25, 0.3) is 15.7 Å². The van der Waals surface area contributed by atoms with E-state index in [1.54, 1.807) is 4.52 Å². The van der Waals surface area contributed by atoms with E-state index in [1.165, 1.54) is 11.3 Å². The lowest BCUT2D eigenvalue weighted by molar-refractivity contribution is 0.392. The van der Waals surface area contributed by atoms with Crippen molar-refractivity contribution < 1.29 is 9.05 Å². The van der Waals surface area contributed by atoms with E-state index < -0.39 is 0 Å². The molecular formula is C13H12N6O2S. The van der Waals surface area contributed by atoms with E-state index >= 15 is 0 Å². The Kier molecular flexibility index (Phi) is 2.83. The Bertz CT molecular complexity index is 943. The number of aryl methyl sites for hydroxylation is 3. The molecule has 0 amide bonds. The second-order valence-corrected chi connectivity index (χ2v) is 5.99. The molecule has 0 saturated heterocycles. The molecule has 4 rings (SSSR count). The molecule has 0 aliphatic rings. The van der Waals surface area contributed by atoms with E-state index in [2.05, 4.69) is 25.6 Å². The zero-order valence-corrected chi connectivity index (χ0v) is 13.0. The third-order valence-corrected chi connectivity index (χ3v) is 4.32. The average Bonchev–Trinajstić information content (AvgIpc) is 3.21. The number of hydrogen-bond acceptors (Lipinski definition) is 8. The molecule has 0 aliphatic heterocycles. The number of rotatable bonds is 3. The fourth-order valence-electron chi connectivity index (χ4n) is 2.24. The van der Waals surface area contributed by atoms with Crippen LogP contribution < -0.4 is 0 Å². The second kappa shape index (κ2) is 4.73. The van der Waals surface area contributed by atoms with Crippen LogP contribution in [0.2, 0.25) is 0 Å². The average molecular weight is 316 g/mol. The molecule has 0 aliphatic carbocycles. The molecule has 0 aromatic carbocycles. The highest BCUT2D eigenvalue weighted by molar-refractivity contribution is 7.19. The zero-order chi connectivity index (χ0) is 15.3. The van der Waals surface area contributed by atoms with Crippen LogP contribution in [0, 0.1) is 20.8 Å². The van der Waals surface area contributed by atoms with Crippen molar-refractivity contribution in [1.82, 2.24) is 30.1 Å². The molecule has 0 fully saturated rings. The first-order valence-electron chi connectivity index (χ1n) is 6.68. The van der Waals surface area contributed by atoms with E-state index in [0.717, 1.165) is 33.5 Å². The Hall–Kier alpha value is -2.55. The SMILES string of the molecule is Cc1cc(-c2nn3c(Cc4c(C)noc4C)nnc3s2)on1. The van der Waals surface area contributed by atoms with Gasteiger partial charge in [-0.05, 0) is 20.8 Å². The first-order chi connectivity index (χ1) is 10.6. The number of hydrogen-bond donors (Lipinski definition) is 0. The summed E-state index contributed by atoms with van der Waals surface area (Å²) in [7, 11) is 0. The maximum atomic E-state index is 5.24.